The van der Waals surface area contributed by atoms with E-state index in [2.05, 4.69) is 0 Å². The fourth-order valence-corrected chi connectivity index (χ4v) is 2.87. The zero-order chi connectivity index (χ0) is 17.2. The molecule has 0 saturated heterocycles. The van der Waals surface area contributed by atoms with Gasteiger partial charge in [-0.15, -0.1) is 0 Å². The van der Waals surface area contributed by atoms with Crippen molar-refractivity contribution in [1.29, 1.82) is 0 Å². The maximum absolute atomic E-state index is 13.0. The Labute approximate surface area is 135 Å². The summed E-state index contributed by atoms with van der Waals surface area (Å²) >= 11 is 0. The SMILES string of the molecule is CC(c1ccc(F)cc1)N(C)C(=O)c1cccc(S(C)(=O)=O)c1. The number of hydrogen-bond acceptors (Lipinski definition) is 3. The van der Waals surface area contributed by atoms with Crippen molar-refractivity contribution < 1.29 is 17.6 Å². The number of sulfone groups is 1. The largest absolute Gasteiger partial charge is 0.335 e. The zero-order valence-corrected chi connectivity index (χ0v) is 14.0. The monoisotopic (exact) mass is 335 g/mol. The van der Waals surface area contributed by atoms with Gasteiger partial charge in [-0.1, -0.05) is 18.2 Å². The van der Waals surface area contributed by atoms with Crippen LogP contribution in [-0.4, -0.2) is 32.5 Å². The maximum atomic E-state index is 13.0. The first-order valence-electron chi connectivity index (χ1n) is 7.03. The Morgan fingerprint density at radius 1 is 1.13 bits per heavy atom. The molecule has 0 N–H and O–H groups in total. The van der Waals surface area contributed by atoms with Gasteiger partial charge in [0.2, 0.25) is 0 Å². The van der Waals surface area contributed by atoms with E-state index in [9.17, 15) is 17.6 Å². The van der Waals surface area contributed by atoms with Crippen LogP contribution in [0.3, 0.4) is 0 Å². The highest BCUT2D eigenvalue weighted by Crippen LogP contribution is 2.22. The molecule has 0 aliphatic heterocycles. The predicted octanol–water partition coefficient (Wildman–Crippen LogP) is 3.06. The van der Waals surface area contributed by atoms with Gasteiger partial charge >= 0.3 is 0 Å². The molecule has 0 aromatic heterocycles. The van der Waals surface area contributed by atoms with Gasteiger partial charge in [0.15, 0.2) is 9.84 Å². The average molecular weight is 335 g/mol. The first-order chi connectivity index (χ1) is 10.7. The van der Waals surface area contributed by atoms with Gasteiger partial charge in [-0.25, -0.2) is 12.8 Å². The zero-order valence-electron chi connectivity index (χ0n) is 13.2. The van der Waals surface area contributed by atoms with Crippen molar-refractivity contribution in [2.24, 2.45) is 0 Å². The summed E-state index contributed by atoms with van der Waals surface area (Å²) in [6.07, 6.45) is 1.10. The highest BCUT2D eigenvalue weighted by atomic mass is 32.2. The molecular formula is C17H18FNO3S. The van der Waals surface area contributed by atoms with Crippen molar-refractivity contribution >= 4 is 15.7 Å². The third-order valence-electron chi connectivity index (χ3n) is 3.76. The molecule has 6 heteroatoms. The van der Waals surface area contributed by atoms with E-state index in [-0.39, 0.29) is 22.7 Å². The lowest BCUT2D eigenvalue weighted by Gasteiger charge is -2.25. The van der Waals surface area contributed by atoms with Crippen molar-refractivity contribution in [2.45, 2.75) is 17.9 Å². The van der Waals surface area contributed by atoms with Gasteiger partial charge in [0.25, 0.3) is 5.91 Å². The molecule has 0 aliphatic rings. The maximum Gasteiger partial charge on any atom is 0.254 e. The van der Waals surface area contributed by atoms with Gasteiger partial charge in [-0.2, -0.15) is 0 Å². The minimum absolute atomic E-state index is 0.103. The van der Waals surface area contributed by atoms with Crippen molar-refractivity contribution in [2.75, 3.05) is 13.3 Å². The summed E-state index contributed by atoms with van der Waals surface area (Å²) in [5, 5.41) is 0. The van der Waals surface area contributed by atoms with Crippen LogP contribution in [0.15, 0.2) is 53.4 Å². The van der Waals surface area contributed by atoms with Gasteiger partial charge in [-0.3, -0.25) is 4.79 Å². The first-order valence-corrected chi connectivity index (χ1v) is 8.92. The lowest BCUT2D eigenvalue weighted by molar-refractivity contribution is 0.0742. The summed E-state index contributed by atoms with van der Waals surface area (Å²) in [4.78, 5) is 14.2. The Kier molecular flexibility index (Phi) is 4.85. The second-order valence-corrected chi connectivity index (χ2v) is 7.46. The van der Waals surface area contributed by atoms with Gasteiger partial charge in [0.1, 0.15) is 5.82 Å². The van der Waals surface area contributed by atoms with Crippen LogP contribution in [-0.2, 0) is 9.84 Å². The van der Waals surface area contributed by atoms with E-state index in [0.29, 0.717) is 5.56 Å². The second kappa shape index (κ2) is 6.50. The fraction of sp³-hybridized carbons (Fsp3) is 0.235. The molecule has 0 fully saturated rings. The number of amides is 1. The molecule has 0 radical (unpaired) electrons. The highest BCUT2D eigenvalue weighted by Gasteiger charge is 2.20. The molecule has 0 heterocycles. The molecular weight excluding hydrogens is 317 g/mol. The predicted molar refractivity (Wildman–Crippen MR) is 86.5 cm³/mol. The van der Waals surface area contributed by atoms with Gasteiger partial charge < -0.3 is 4.90 Å². The van der Waals surface area contributed by atoms with E-state index in [1.54, 1.807) is 31.3 Å². The Balaban J connectivity index is 2.27. The number of carbonyl (C=O) groups excluding carboxylic acids is 1. The molecule has 1 amide bonds. The van der Waals surface area contributed by atoms with Crippen LogP contribution in [0, 0.1) is 5.82 Å². The Hall–Kier alpha value is -2.21. The number of rotatable bonds is 4. The summed E-state index contributed by atoms with van der Waals surface area (Å²) in [6, 6.07) is 11.6. The molecule has 122 valence electrons. The van der Waals surface area contributed by atoms with Crippen LogP contribution in [0.5, 0.6) is 0 Å². The molecule has 1 unspecified atom stereocenters. The quantitative estimate of drug-likeness (QED) is 0.863. The lowest BCUT2D eigenvalue weighted by atomic mass is 10.1. The summed E-state index contributed by atoms with van der Waals surface area (Å²) in [7, 11) is -1.75. The summed E-state index contributed by atoms with van der Waals surface area (Å²) in [5.41, 5.74) is 1.09. The normalized spacial score (nSPS) is 12.7. The highest BCUT2D eigenvalue weighted by molar-refractivity contribution is 7.90. The number of hydrogen-bond donors (Lipinski definition) is 0. The number of nitrogens with zero attached hydrogens (tertiary/aromatic N) is 1. The smallest absolute Gasteiger partial charge is 0.254 e. The Bertz CT molecular complexity index is 816. The van der Waals surface area contributed by atoms with E-state index in [4.69, 9.17) is 0 Å². The molecule has 0 spiro atoms. The standard InChI is InChI=1S/C17H18FNO3S/c1-12(13-7-9-15(18)10-8-13)19(2)17(20)14-5-4-6-16(11-14)23(3,21)22/h4-12H,1-3H3. The molecule has 0 saturated carbocycles. The summed E-state index contributed by atoms with van der Waals surface area (Å²) < 4.78 is 36.2. The fourth-order valence-electron chi connectivity index (χ4n) is 2.20. The van der Waals surface area contributed by atoms with E-state index < -0.39 is 9.84 Å². The molecule has 23 heavy (non-hydrogen) atoms. The van der Waals surface area contributed by atoms with E-state index in [1.807, 2.05) is 6.92 Å². The average Bonchev–Trinajstić information content (AvgIpc) is 2.53. The molecule has 2 aromatic carbocycles. The molecule has 4 nitrogen and oxygen atoms in total. The Morgan fingerprint density at radius 3 is 2.30 bits per heavy atom. The molecule has 2 aromatic rings. The minimum atomic E-state index is -3.37. The summed E-state index contributed by atoms with van der Waals surface area (Å²) in [6.45, 7) is 1.82. The minimum Gasteiger partial charge on any atom is -0.335 e. The van der Waals surface area contributed by atoms with Crippen molar-refractivity contribution in [3.05, 3.63) is 65.5 Å². The number of benzene rings is 2. The summed E-state index contributed by atoms with van der Waals surface area (Å²) in [5.74, 6) is -0.636. The van der Waals surface area contributed by atoms with Crippen LogP contribution in [0.25, 0.3) is 0 Å². The van der Waals surface area contributed by atoms with Gasteiger partial charge in [-0.05, 0) is 42.8 Å². The van der Waals surface area contributed by atoms with Crippen molar-refractivity contribution in [1.82, 2.24) is 4.90 Å². The molecule has 2 rings (SSSR count). The third kappa shape index (κ3) is 3.96. The van der Waals surface area contributed by atoms with Crippen molar-refractivity contribution in [3.8, 4) is 0 Å². The molecule has 1 atom stereocenters. The van der Waals surface area contributed by atoms with Gasteiger partial charge in [0.05, 0.1) is 10.9 Å². The van der Waals surface area contributed by atoms with E-state index in [0.717, 1.165) is 11.8 Å². The molecule has 0 bridgehead atoms. The van der Waals surface area contributed by atoms with Crippen LogP contribution in [0.4, 0.5) is 4.39 Å². The van der Waals surface area contributed by atoms with E-state index >= 15 is 0 Å². The topological polar surface area (TPSA) is 54.5 Å². The van der Waals surface area contributed by atoms with E-state index in [1.165, 1.54) is 29.2 Å². The molecule has 0 aliphatic carbocycles. The number of halogens is 1. The second-order valence-electron chi connectivity index (χ2n) is 5.44. The van der Waals surface area contributed by atoms with Crippen LogP contribution >= 0.6 is 0 Å². The van der Waals surface area contributed by atoms with Crippen LogP contribution in [0.1, 0.15) is 28.9 Å². The van der Waals surface area contributed by atoms with Gasteiger partial charge in [0, 0.05) is 18.9 Å². The van der Waals surface area contributed by atoms with Crippen LogP contribution in [0.2, 0.25) is 0 Å². The van der Waals surface area contributed by atoms with Crippen LogP contribution < -0.4 is 0 Å². The lowest BCUT2D eigenvalue weighted by Crippen LogP contribution is -2.29. The first kappa shape index (κ1) is 17.1. The van der Waals surface area contributed by atoms with Crippen molar-refractivity contribution in [3.63, 3.8) is 0 Å². The number of carbonyl (C=O) groups is 1. The third-order valence-corrected chi connectivity index (χ3v) is 4.87. The Morgan fingerprint density at radius 2 is 1.74 bits per heavy atom.